The Bertz CT molecular complexity index is 689. The molecule has 0 bridgehead atoms. The molecule has 0 amide bonds. The van der Waals surface area contributed by atoms with E-state index in [4.69, 9.17) is 6.42 Å². The van der Waals surface area contributed by atoms with Crippen LogP contribution in [0.2, 0.25) is 0 Å². The van der Waals surface area contributed by atoms with Crippen molar-refractivity contribution >= 4 is 22.0 Å². The van der Waals surface area contributed by atoms with Crippen molar-refractivity contribution in [3.8, 4) is 12.3 Å². The maximum atomic E-state index is 5.37. The molecule has 0 aliphatic carbocycles. The van der Waals surface area contributed by atoms with Crippen molar-refractivity contribution in [2.24, 2.45) is 0 Å². The number of nitrogens with one attached hydrogen (secondary N) is 1. The van der Waals surface area contributed by atoms with Gasteiger partial charge in [0.25, 0.3) is 0 Å². The number of rotatable bonds is 3. The van der Waals surface area contributed by atoms with Crippen LogP contribution in [0.3, 0.4) is 0 Å². The first kappa shape index (κ1) is 10.9. The largest absolute Gasteiger partial charge is 0.379 e. The summed E-state index contributed by atoms with van der Waals surface area (Å²) in [7, 11) is 0. The van der Waals surface area contributed by atoms with Crippen LogP contribution in [0.1, 0.15) is 11.3 Å². The minimum Gasteiger partial charge on any atom is -0.379 e. The second-order valence-corrected chi connectivity index (χ2v) is 4.78. The van der Waals surface area contributed by atoms with Gasteiger partial charge in [-0.1, -0.05) is 12.0 Å². The van der Waals surface area contributed by atoms with E-state index in [2.05, 4.69) is 16.2 Å². The van der Waals surface area contributed by atoms with Crippen molar-refractivity contribution in [2.75, 3.05) is 5.32 Å². The van der Waals surface area contributed by atoms with Crippen molar-refractivity contribution in [3.05, 3.63) is 53.3 Å². The van der Waals surface area contributed by atoms with Crippen LogP contribution in [-0.4, -0.2) is 9.38 Å². The molecule has 0 saturated carbocycles. The van der Waals surface area contributed by atoms with Gasteiger partial charge in [0.1, 0.15) is 0 Å². The second kappa shape index (κ2) is 4.55. The third-order valence-corrected chi connectivity index (χ3v) is 3.42. The summed E-state index contributed by atoms with van der Waals surface area (Å²) < 4.78 is 2.03. The van der Waals surface area contributed by atoms with Gasteiger partial charge in [0, 0.05) is 29.0 Å². The summed E-state index contributed by atoms with van der Waals surface area (Å²) in [6.07, 6.45) is 9.41. The number of fused-ring (bicyclic) bond motifs is 1. The number of nitrogens with zero attached hydrogens (tertiary/aromatic N) is 2. The van der Waals surface area contributed by atoms with Crippen LogP contribution in [0.15, 0.2) is 42.0 Å². The Morgan fingerprint density at radius 3 is 3.22 bits per heavy atom. The number of hydrogen-bond acceptors (Lipinski definition) is 3. The number of imidazole rings is 1. The zero-order valence-electron chi connectivity index (χ0n) is 9.63. The average molecular weight is 253 g/mol. The van der Waals surface area contributed by atoms with Crippen LogP contribution in [0.4, 0.5) is 5.69 Å². The molecule has 0 aliphatic heterocycles. The predicted octanol–water partition coefficient (Wildman–Crippen LogP) is 2.99. The first-order valence-electron chi connectivity index (χ1n) is 5.57. The molecule has 4 heteroatoms. The van der Waals surface area contributed by atoms with E-state index in [1.165, 1.54) is 0 Å². The Morgan fingerprint density at radius 2 is 2.39 bits per heavy atom. The van der Waals surface area contributed by atoms with Gasteiger partial charge in [-0.15, -0.1) is 17.8 Å². The lowest BCUT2D eigenvalue weighted by Crippen LogP contribution is -1.99. The summed E-state index contributed by atoms with van der Waals surface area (Å²) in [6, 6.07) is 7.82. The summed E-state index contributed by atoms with van der Waals surface area (Å²) in [4.78, 5) is 5.53. The molecule has 0 atom stereocenters. The van der Waals surface area contributed by atoms with Crippen LogP contribution in [0.5, 0.6) is 0 Å². The lowest BCUT2D eigenvalue weighted by Gasteiger charge is -2.04. The number of anilines is 1. The van der Waals surface area contributed by atoms with Crippen LogP contribution in [0.25, 0.3) is 4.96 Å². The molecule has 0 spiro atoms. The third-order valence-electron chi connectivity index (χ3n) is 2.65. The highest BCUT2D eigenvalue weighted by atomic mass is 32.1. The zero-order valence-corrected chi connectivity index (χ0v) is 10.4. The van der Waals surface area contributed by atoms with Gasteiger partial charge in [-0.25, -0.2) is 4.98 Å². The van der Waals surface area contributed by atoms with Gasteiger partial charge < -0.3 is 5.32 Å². The molecular formula is C14H11N3S. The maximum Gasteiger partial charge on any atom is 0.193 e. The van der Waals surface area contributed by atoms with Crippen LogP contribution < -0.4 is 5.32 Å². The highest BCUT2D eigenvalue weighted by Gasteiger charge is 2.02. The first-order valence-corrected chi connectivity index (χ1v) is 6.45. The minimum absolute atomic E-state index is 0.697. The zero-order chi connectivity index (χ0) is 12.4. The van der Waals surface area contributed by atoms with Gasteiger partial charge in [0.05, 0.1) is 12.2 Å². The fourth-order valence-electron chi connectivity index (χ4n) is 1.77. The summed E-state index contributed by atoms with van der Waals surface area (Å²) in [5.74, 6) is 2.62. The summed E-state index contributed by atoms with van der Waals surface area (Å²) in [5, 5.41) is 5.34. The van der Waals surface area contributed by atoms with Crippen molar-refractivity contribution in [2.45, 2.75) is 6.54 Å². The Labute approximate surface area is 109 Å². The van der Waals surface area contributed by atoms with Gasteiger partial charge in [0.2, 0.25) is 0 Å². The molecule has 0 saturated heterocycles. The molecule has 1 aromatic carbocycles. The molecule has 3 aromatic rings. The molecule has 0 unspecified atom stereocenters. The Morgan fingerprint density at radius 1 is 1.44 bits per heavy atom. The highest BCUT2D eigenvalue weighted by molar-refractivity contribution is 7.15. The van der Waals surface area contributed by atoms with E-state index in [-0.39, 0.29) is 0 Å². The number of hydrogen-bond donors (Lipinski definition) is 1. The summed E-state index contributed by atoms with van der Waals surface area (Å²) in [6.45, 7) is 0.697. The lowest BCUT2D eigenvalue weighted by molar-refractivity contribution is 1.08. The Hall–Kier alpha value is -2.25. The van der Waals surface area contributed by atoms with E-state index >= 15 is 0 Å². The molecule has 18 heavy (non-hydrogen) atoms. The Kier molecular flexibility index (Phi) is 2.75. The average Bonchev–Trinajstić information content (AvgIpc) is 2.97. The lowest BCUT2D eigenvalue weighted by atomic mass is 10.2. The number of aromatic nitrogens is 2. The van der Waals surface area contributed by atoms with Gasteiger partial charge in [-0.3, -0.25) is 4.40 Å². The second-order valence-electron chi connectivity index (χ2n) is 3.90. The monoisotopic (exact) mass is 253 g/mol. The number of benzene rings is 1. The minimum atomic E-state index is 0.697. The van der Waals surface area contributed by atoms with Crippen LogP contribution in [0, 0.1) is 12.3 Å². The van der Waals surface area contributed by atoms with Crippen molar-refractivity contribution in [1.29, 1.82) is 0 Å². The van der Waals surface area contributed by atoms with E-state index < -0.39 is 0 Å². The first-order chi connectivity index (χ1) is 8.85. The van der Waals surface area contributed by atoms with Gasteiger partial charge >= 0.3 is 0 Å². The van der Waals surface area contributed by atoms with E-state index in [1.807, 2.05) is 46.4 Å². The summed E-state index contributed by atoms with van der Waals surface area (Å²) >= 11 is 1.63. The van der Waals surface area contributed by atoms with E-state index in [9.17, 15) is 0 Å². The van der Waals surface area contributed by atoms with Crippen LogP contribution >= 0.6 is 11.3 Å². The van der Waals surface area contributed by atoms with E-state index in [1.54, 1.807) is 11.3 Å². The fourth-order valence-corrected chi connectivity index (χ4v) is 2.49. The van der Waals surface area contributed by atoms with Crippen molar-refractivity contribution in [1.82, 2.24) is 9.38 Å². The molecule has 88 valence electrons. The molecule has 2 heterocycles. The smallest absolute Gasteiger partial charge is 0.193 e. The molecule has 0 aliphatic rings. The van der Waals surface area contributed by atoms with Crippen LogP contribution in [-0.2, 0) is 6.54 Å². The molecule has 3 nitrogen and oxygen atoms in total. The molecule has 0 radical (unpaired) electrons. The fraction of sp³-hybridized carbons (Fsp3) is 0.0714. The Balaban J connectivity index is 1.74. The summed E-state index contributed by atoms with van der Waals surface area (Å²) in [5.41, 5.74) is 2.92. The van der Waals surface area contributed by atoms with Crippen molar-refractivity contribution < 1.29 is 0 Å². The van der Waals surface area contributed by atoms with Gasteiger partial charge in [-0.05, 0) is 18.2 Å². The SMILES string of the molecule is C#Cc1cccc(NCc2cn3ccsc3n2)c1. The van der Waals surface area contributed by atoms with Gasteiger partial charge in [-0.2, -0.15) is 0 Å². The number of terminal acetylenes is 1. The quantitative estimate of drug-likeness (QED) is 0.727. The van der Waals surface area contributed by atoms with Crippen molar-refractivity contribution in [3.63, 3.8) is 0 Å². The standard InChI is InChI=1S/C14H11N3S/c1-2-11-4-3-5-12(8-11)15-9-13-10-17-6-7-18-14(17)16-13/h1,3-8,10,15H,9H2. The molecule has 0 fully saturated rings. The molecular weight excluding hydrogens is 242 g/mol. The van der Waals surface area contributed by atoms with E-state index in [0.717, 1.165) is 21.9 Å². The topological polar surface area (TPSA) is 29.3 Å². The molecule has 2 aromatic heterocycles. The third kappa shape index (κ3) is 2.08. The normalized spacial score (nSPS) is 10.4. The van der Waals surface area contributed by atoms with E-state index in [0.29, 0.717) is 6.54 Å². The molecule has 3 rings (SSSR count). The molecule has 1 N–H and O–H groups in total. The number of thiazole rings is 1. The predicted molar refractivity (Wildman–Crippen MR) is 74.8 cm³/mol. The maximum absolute atomic E-state index is 5.37. The van der Waals surface area contributed by atoms with Gasteiger partial charge in [0.15, 0.2) is 4.96 Å². The highest BCUT2D eigenvalue weighted by Crippen LogP contribution is 2.14.